The normalized spacial score (nSPS) is 32.2. The van der Waals surface area contributed by atoms with E-state index in [4.69, 9.17) is 5.73 Å². The van der Waals surface area contributed by atoms with E-state index >= 15 is 0 Å². The van der Waals surface area contributed by atoms with E-state index in [0.717, 1.165) is 44.1 Å². The third kappa shape index (κ3) is 4.52. The van der Waals surface area contributed by atoms with Gasteiger partial charge in [-0.05, 0) is 70.5 Å². The Hall–Kier alpha value is -0.120. The molecule has 0 aromatic heterocycles. The first-order chi connectivity index (χ1) is 8.90. The Labute approximate surface area is 112 Å². The standard InChI is InChI=1S/C15H31N3/c16-10-4-12-17-11-3-6-14-9-8-13-5-1-2-7-15(13)18-14/h13-15,17-18H,1-12,16H2. The minimum atomic E-state index is 0.792. The first-order valence-corrected chi connectivity index (χ1v) is 8.07. The molecule has 2 rings (SSSR count). The van der Waals surface area contributed by atoms with Gasteiger partial charge in [-0.2, -0.15) is 0 Å². The van der Waals surface area contributed by atoms with Gasteiger partial charge in [-0.15, -0.1) is 0 Å². The number of fused-ring (bicyclic) bond motifs is 1. The molecule has 3 atom stereocenters. The Balaban J connectivity index is 1.54. The second-order valence-electron chi connectivity index (χ2n) is 6.13. The third-order valence-corrected chi connectivity index (χ3v) is 4.71. The molecule has 0 aromatic carbocycles. The summed E-state index contributed by atoms with van der Waals surface area (Å²) in [5.74, 6) is 0.998. The summed E-state index contributed by atoms with van der Waals surface area (Å²) in [6, 6.07) is 1.64. The van der Waals surface area contributed by atoms with Gasteiger partial charge in [0.1, 0.15) is 0 Å². The van der Waals surface area contributed by atoms with Crippen LogP contribution in [0.1, 0.15) is 57.8 Å². The molecule has 0 spiro atoms. The molecule has 1 heterocycles. The Kier molecular flexibility index (Phi) is 6.46. The lowest BCUT2D eigenvalue weighted by Crippen LogP contribution is -2.48. The van der Waals surface area contributed by atoms with Crippen LogP contribution in [0.2, 0.25) is 0 Å². The van der Waals surface area contributed by atoms with E-state index in [0.29, 0.717) is 0 Å². The van der Waals surface area contributed by atoms with Gasteiger partial charge in [0.25, 0.3) is 0 Å². The second-order valence-corrected chi connectivity index (χ2v) is 6.13. The molecule has 3 nitrogen and oxygen atoms in total. The SMILES string of the molecule is NCCCNCCCC1CCC2CCCCC2N1. The van der Waals surface area contributed by atoms with Crippen molar-refractivity contribution in [1.82, 2.24) is 10.6 Å². The largest absolute Gasteiger partial charge is 0.330 e. The lowest BCUT2D eigenvalue weighted by Gasteiger charge is -2.40. The van der Waals surface area contributed by atoms with Crippen molar-refractivity contribution in [3.05, 3.63) is 0 Å². The van der Waals surface area contributed by atoms with Gasteiger partial charge in [0, 0.05) is 12.1 Å². The molecule has 1 saturated carbocycles. The number of hydrogen-bond donors (Lipinski definition) is 3. The van der Waals surface area contributed by atoms with Crippen LogP contribution in [0, 0.1) is 5.92 Å². The zero-order valence-electron chi connectivity index (χ0n) is 11.8. The molecule has 1 aliphatic heterocycles. The van der Waals surface area contributed by atoms with Crippen molar-refractivity contribution in [3.8, 4) is 0 Å². The molecule has 106 valence electrons. The molecule has 3 unspecified atom stereocenters. The average molecular weight is 253 g/mol. The molecular weight excluding hydrogens is 222 g/mol. The maximum absolute atomic E-state index is 5.47. The summed E-state index contributed by atoms with van der Waals surface area (Å²) in [7, 11) is 0. The van der Waals surface area contributed by atoms with Crippen LogP contribution in [0.15, 0.2) is 0 Å². The fourth-order valence-electron chi connectivity index (χ4n) is 3.63. The number of nitrogens with two attached hydrogens (primary N) is 1. The summed E-state index contributed by atoms with van der Waals surface area (Å²) in [6.07, 6.45) is 12.5. The van der Waals surface area contributed by atoms with Gasteiger partial charge in [-0.3, -0.25) is 0 Å². The maximum atomic E-state index is 5.47. The van der Waals surface area contributed by atoms with Gasteiger partial charge < -0.3 is 16.4 Å². The molecular formula is C15H31N3. The topological polar surface area (TPSA) is 50.1 Å². The van der Waals surface area contributed by atoms with E-state index in [1.54, 1.807) is 0 Å². The molecule has 2 aliphatic rings. The van der Waals surface area contributed by atoms with Crippen LogP contribution in [0.4, 0.5) is 0 Å². The minimum Gasteiger partial charge on any atom is -0.330 e. The van der Waals surface area contributed by atoms with Crippen molar-refractivity contribution in [2.75, 3.05) is 19.6 Å². The first kappa shape index (κ1) is 14.3. The summed E-state index contributed by atoms with van der Waals surface area (Å²) in [4.78, 5) is 0. The third-order valence-electron chi connectivity index (χ3n) is 4.71. The van der Waals surface area contributed by atoms with Crippen LogP contribution >= 0.6 is 0 Å². The van der Waals surface area contributed by atoms with Gasteiger partial charge in [0.05, 0.1) is 0 Å². The van der Waals surface area contributed by atoms with Gasteiger partial charge in [0.2, 0.25) is 0 Å². The Morgan fingerprint density at radius 2 is 1.83 bits per heavy atom. The molecule has 0 aromatic rings. The molecule has 0 amide bonds. The minimum absolute atomic E-state index is 0.792. The second kappa shape index (κ2) is 8.13. The van der Waals surface area contributed by atoms with Gasteiger partial charge in [0.15, 0.2) is 0 Å². The number of nitrogens with one attached hydrogen (secondary N) is 2. The van der Waals surface area contributed by atoms with Crippen molar-refractivity contribution >= 4 is 0 Å². The average Bonchev–Trinajstić information content (AvgIpc) is 2.42. The van der Waals surface area contributed by atoms with E-state index < -0.39 is 0 Å². The molecule has 1 aliphatic carbocycles. The Bertz CT molecular complexity index is 220. The monoisotopic (exact) mass is 253 g/mol. The van der Waals surface area contributed by atoms with E-state index in [9.17, 15) is 0 Å². The van der Waals surface area contributed by atoms with E-state index in [2.05, 4.69) is 10.6 Å². The zero-order chi connectivity index (χ0) is 12.6. The van der Waals surface area contributed by atoms with Gasteiger partial charge >= 0.3 is 0 Å². The van der Waals surface area contributed by atoms with Crippen molar-refractivity contribution in [2.45, 2.75) is 69.9 Å². The Morgan fingerprint density at radius 1 is 1.00 bits per heavy atom. The summed E-state index contributed by atoms with van der Waals surface area (Å²) in [6.45, 7) is 3.05. The van der Waals surface area contributed by atoms with Crippen LogP contribution in [-0.4, -0.2) is 31.7 Å². The number of piperidine rings is 1. The summed E-state index contributed by atoms with van der Waals surface area (Å²) < 4.78 is 0. The van der Waals surface area contributed by atoms with Crippen molar-refractivity contribution in [2.24, 2.45) is 11.7 Å². The smallest absolute Gasteiger partial charge is 0.00979 e. The van der Waals surface area contributed by atoms with Crippen LogP contribution in [0.25, 0.3) is 0 Å². The Morgan fingerprint density at radius 3 is 2.72 bits per heavy atom. The highest BCUT2D eigenvalue weighted by molar-refractivity contribution is 4.89. The molecule has 0 bridgehead atoms. The van der Waals surface area contributed by atoms with Crippen molar-refractivity contribution < 1.29 is 0 Å². The highest BCUT2D eigenvalue weighted by Crippen LogP contribution is 2.32. The van der Waals surface area contributed by atoms with Gasteiger partial charge in [-0.1, -0.05) is 12.8 Å². The summed E-state index contributed by atoms with van der Waals surface area (Å²) in [5.41, 5.74) is 5.47. The summed E-state index contributed by atoms with van der Waals surface area (Å²) in [5, 5.41) is 7.38. The lowest BCUT2D eigenvalue weighted by atomic mass is 9.77. The van der Waals surface area contributed by atoms with Crippen LogP contribution in [0.3, 0.4) is 0 Å². The number of rotatable bonds is 7. The molecule has 18 heavy (non-hydrogen) atoms. The van der Waals surface area contributed by atoms with Crippen LogP contribution < -0.4 is 16.4 Å². The molecule has 1 saturated heterocycles. The quantitative estimate of drug-likeness (QED) is 0.608. The highest BCUT2D eigenvalue weighted by Gasteiger charge is 2.30. The van der Waals surface area contributed by atoms with Crippen LogP contribution in [0.5, 0.6) is 0 Å². The van der Waals surface area contributed by atoms with Crippen molar-refractivity contribution in [3.63, 3.8) is 0 Å². The molecule has 0 radical (unpaired) electrons. The number of hydrogen-bond acceptors (Lipinski definition) is 3. The molecule has 4 N–H and O–H groups in total. The van der Waals surface area contributed by atoms with Gasteiger partial charge in [-0.25, -0.2) is 0 Å². The highest BCUT2D eigenvalue weighted by atomic mass is 15.0. The lowest BCUT2D eigenvalue weighted by molar-refractivity contribution is 0.170. The molecule has 3 heteroatoms. The summed E-state index contributed by atoms with van der Waals surface area (Å²) >= 11 is 0. The predicted molar refractivity (Wildman–Crippen MR) is 77.7 cm³/mol. The maximum Gasteiger partial charge on any atom is 0.00979 e. The van der Waals surface area contributed by atoms with E-state index in [1.165, 1.54) is 51.4 Å². The fraction of sp³-hybridized carbons (Fsp3) is 1.00. The van der Waals surface area contributed by atoms with Crippen molar-refractivity contribution in [1.29, 1.82) is 0 Å². The van der Waals surface area contributed by atoms with E-state index in [1.807, 2.05) is 0 Å². The zero-order valence-corrected chi connectivity index (χ0v) is 11.8. The predicted octanol–water partition coefficient (Wildman–Crippen LogP) is 2.02. The first-order valence-electron chi connectivity index (χ1n) is 8.07. The van der Waals surface area contributed by atoms with Crippen LogP contribution in [-0.2, 0) is 0 Å². The fourth-order valence-corrected chi connectivity index (χ4v) is 3.63. The van der Waals surface area contributed by atoms with E-state index in [-0.39, 0.29) is 0 Å². The molecule has 2 fully saturated rings.